The van der Waals surface area contributed by atoms with E-state index in [1.54, 1.807) is 13.1 Å². The van der Waals surface area contributed by atoms with Gasteiger partial charge in [0.15, 0.2) is 5.78 Å². The maximum Gasteiger partial charge on any atom is 0.192 e. The molecule has 1 unspecified atom stereocenters. The van der Waals surface area contributed by atoms with Gasteiger partial charge >= 0.3 is 0 Å². The van der Waals surface area contributed by atoms with Gasteiger partial charge in [-0.25, -0.2) is 0 Å². The van der Waals surface area contributed by atoms with Crippen molar-refractivity contribution in [2.75, 3.05) is 13.6 Å². The number of hydrogen-bond acceptors (Lipinski definition) is 3. The molecule has 88 valence electrons. The Balaban J connectivity index is 2.33. The number of carbonyl (C=O) groups excluding carboxylic acids is 1. The average molecular weight is 229 g/mol. The molecule has 17 heavy (non-hydrogen) atoms. The number of ketones is 1. The van der Waals surface area contributed by atoms with E-state index in [2.05, 4.69) is 5.32 Å². The van der Waals surface area contributed by atoms with E-state index >= 15 is 0 Å². The first kappa shape index (κ1) is 11.8. The van der Waals surface area contributed by atoms with Crippen molar-refractivity contribution in [3.05, 3.63) is 48.0 Å². The van der Waals surface area contributed by atoms with Gasteiger partial charge in [0.05, 0.1) is 0 Å². The van der Waals surface area contributed by atoms with Crippen LogP contribution in [-0.4, -0.2) is 30.6 Å². The molecule has 2 rings (SSSR count). The summed E-state index contributed by atoms with van der Waals surface area (Å²) in [6.45, 7) is 0.270. The van der Waals surface area contributed by atoms with Gasteiger partial charge in [0.25, 0.3) is 0 Å². The number of benzene rings is 2. The lowest BCUT2D eigenvalue weighted by atomic mass is 10.0. The zero-order chi connectivity index (χ0) is 12.3. The number of fused-ring (bicyclic) bond motifs is 1. The first-order valence-electron chi connectivity index (χ1n) is 5.58. The van der Waals surface area contributed by atoms with Gasteiger partial charge in [-0.2, -0.15) is 0 Å². The normalized spacial score (nSPS) is 12.6. The SMILES string of the molecule is CNCC(O)C(=O)c1ccc2ccccc2c1. The van der Waals surface area contributed by atoms with Crippen molar-refractivity contribution in [1.29, 1.82) is 0 Å². The van der Waals surface area contributed by atoms with Gasteiger partial charge in [-0.3, -0.25) is 4.79 Å². The number of aliphatic hydroxyl groups excluding tert-OH is 1. The molecular weight excluding hydrogens is 214 g/mol. The van der Waals surface area contributed by atoms with E-state index in [0.29, 0.717) is 5.56 Å². The Kier molecular flexibility index (Phi) is 3.52. The van der Waals surface area contributed by atoms with Crippen LogP contribution < -0.4 is 5.32 Å². The topological polar surface area (TPSA) is 49.3 Å². The lowest BCUT2D eigenvalue weighted by Gasteiger charge is -2.09. The number of rotatable bonds is 4. The predicted octanol–water partition coefficient (Wildman–Crippen LogP) is 1.60. The molecule has 0 saturated carbocycles. The zero-order valence-electron chi connectivity index (χ0n) is 9.68. The molecular formula is C14H15NO2. The summed E-state index contributed by atoms with van der Waals surface area (Å²) in [7, 11) is 1.71. The molecule has 0 saturated heterocycles. The summed E-state index contributed by atoms with van der Waals surface area (Å²) in [5.41, 5.74) is 0.548. The van der Waals surface area contributed by atoms with Crippen LogP contribution in [0.4, 0.5) is 0 Å². The smallest absolute Gasteiger partial charge is 0.192 e. The summed E-state index contributed by atoms with van der Waals surface area (Å²) in [5.74, 6) is -0.245. The third kappa shape index (κ3) is 2.52. The van der Waals surface area contributed by atoms with E-state index in [1.807, 2.05) is 36.4 Å². The fraction of sp³-hybridized carbons (Fsp3) is 0.214. The van der Waals surface area contributed by atoms with E-state index in [0.717, 1.165) is 10.8 Å². The lowest BCUT2D eigenvalue weighted by molar-refractivity contribution is 0.0750. The predicted molar refractivity (Wildman–Crippen MR) is 68.2 cm³/mol. The first-order chi connectivity index (χ1) is 8.22. The number of hydrogen-bond donors (Lipinski definition) is 2. The van der Waals surface area contributed by atoms with Crippen LogP contribution in [0.25, 0.3) is 10.8 Å². The Morgan fingerprint density at radius 3 is 2.65 bits per heavy atom. The van der Waals surface area contributed by atoms with Crippen molar-refractivity contribution in [2.24, 2.45) is 0 Å². The molecule has 0 fully saturated rings. The molecule has 0 aliphatic rings. The largest absolute Gasteiger partial charge is 0.384 e. The van der Waals surface area contributed by atoms with Gasteiger partial charge in [0.2, 0.25) is 0 Å². The molecule has 1 atom stereocenters. The molecule has 0 aliphatic carbocycles. The Hall–Kier alpha value is -1.71. The molecule has 3 nitrogen and oxygen atoms in total. The highest BCUT2D eigenvalue weighted by Crippen LogP contribution is 2.16. The number of aliphatic hydroxyl groups is 1. The van der Waals surface area contributed by atoms with E-state index in [9.17, 15) is 9.90 Å². The fourth-order valence-electron chi connectivity index (χ4n) is 1.82. The molecule has 2 aromatic rings. The number of carbonyl (C=O) groups is 1. The molecule has 2 aromatic carbocycles. The standard InChI is InChI=1S/C14H15NO2/c1-15-9-13(16)14(17)12-7-6-10-4-2-3-5-11(10)8-12/h2-8,13,15-16H,9H2,1H3. The molecule has 0 aliphatic heterocycles. The molecule has 0 aromatic heterocycles. The monoisotopic (exact) mass is 229 g/mol. The minimum Gasteiger partial charge on any atom is -0.384 e. The first-order valence-corrected chi connectivity index (χ1v) is 5.58. The van der Waals surface area contributed by atoms with Gasteiger partial charge in [-0.05, 0) is 23.9 Å². The third-order valence-corrected chi connectivity index (χ3v) is 2.73. The Morgan fingerprint density at radius 2 is 1.94 bits per heavy atom. The van der Waals surface area contributed by atoms with Crippen LogP contribution in [0.5, 0.6) is 0 Å². The van der Waals surface area contributed by atoms with Crippen LogP contribution in [-0.2, 0) is 0 Å². The van der Waals surface area contributed by atoms with Gasteiger partial charge in [-0.1, -0.05) is 36.4 Å². The quantitative estimate of drug-likeness (QED) is 0.783. The van der Waals surface area contributed by atoms with Gasteiger partial charge < -0.3 is 10.4 Å². The minimum absolute atomic E-state index is 0.245. The van der Waals surface area contributed by atoms with Gasteiger partial charge in [-0.15, -0.1) is 0 Å². The van der Waals surface area contributed by atoms with E-state index in [-0.39, 0.29) is 12.3 Å². The van der Waals surface area contributed by atoms with Crippen molar-refractivity contribution >= 4 is 16.6 Å². The zero-order valence-corrected chi connectivity index (χ0v) is 9.68. The van der Waals surface area contributed by atoms with Crippen LogP contribution >= 0.6 is 0 Å². The van der Waals surface area contributed by atoms with Crippen LogP contribution in [0, 0.1) is 0 Å². The van der Waals surface area contributed by atoms with E-state index in [1.165, 1.54) is 0 Å². The molecule has 0 spiro atoms. The second-order valence-electron chi connectivity index (χ2n) is 4.00. The number of likely N-dealkylation sites (N-methyl/N-ethyl adjacent to an activating group) is 1. The molecule has 0 bridgehead atoms. The van der Waals surface area contributed by atoms with Crippen LogP contribution in [0.3, 0.4) is 0 Å². The van der Waals surface area contributed by atoms with Crippen molar-refractivity contribution in [1.82, 2.24) is 5.32 Å². The molecule has 3 heteroatoms. The summed E-state index contributed by atoms with van der Waals surface area (Å²) >= 11 is 0. The Bertz CT molecular complexity index is 536. The summed E-state index contributed by atoms with van der Waals surface area (Å²) in [6, 6.07) is 13.3. The highest BCUT2D eigenvalue weighted by atomic mass is 16.3. The molecule has 2 N–H and O–H groups in total. The van der Waals surface area contributed by atoms with Gasteiger partial charge in [0, 0.05) is 12.1 Å². The molecule has 0 radical (unpaired) electrons. The van der Waals surface area contributed by atoms with Gasteiger partial charge in [0.1, 0.15) is 6.10 Å². The van der Waals surface area contributed by atoms with Crippen LogP contribution in [0.1, 0.15) is 10.4 Å². The van der Waals surface area contributed by atoms with Crippen molar-refractivity contribution in [3.63, 3.8) is 0 Å². The molecule has 0 heterocycles. The Morgan fingerprint density at radius 1 is 1.24 bits per heavy atom. The van der Waals surface area contributed by atoms with E-state index < -0.39 is 6.10 Å². The number of Topliss-reactive ketones (excluding diaryl/α,β-unsaturated/α-hetero) is 1. The Labute approximate surface area is 100 Å². The highest BCUT2D eigenvalue weighted by Gasteiger charge is 2.16. The summed E-state index contributed by atoms with van der Waals surface area (Å²) in [4.78, 5) is 11.9. The maximum atomic E-state index is 11.9. The second-order valence-corrected chi connectivity index (χ2v) is 4.00. The number of nitrogens with one attached hydrogen (secondary N) is 1. The van der Waals surface area contributed by atoms with E-state index in [4.69, 9.17) is 0 Å². The van der Waals surface area contributed by atoms with Crippen molar-refractivity contribution in [2.45, 2.75) is 6.10 Å². The minimum atomic E-state index is -0.985. The average Bonchev–Trinajstić information content (AvgIpc) is 2.37. The maximum absolute atomic E-state index is 11.9. The third-order valence-electron chi connectivity index (χ3n) is 2.73. The van der Waals surface area contributed by atoms with Crippen LogP contribution in [0.15, 0.2) is 42.5 Å². The highest BCUT2D eigenvalue weighted by molar-refractivity contribution is 6.02. The van der Waals surface area contributed by atoms with Crippen molar-refractivity contribution < 1.29 is 9.90 Å². The lowest BCUT2D eigenvalue weighted by Crippen LogP contribution is -2.31. The summed E-state index contributed by atoms with van der Waals surface area (Å²) in [6.07, 6.45) is -0.985. The van der Waals surface area contributed by atoms with Crippen molar-refractivity contribution in [3.8, 4) is 0 Å². The summed E-state index contributed by atoms with van der Waals surface area (Å²) in [5, 5.41) is 14.5. The fourth-order valence-corrected chi connectivity index (χ4v) is 1.82. The second kappa shape index (κ2) is 5.08. The van der Waals surface area contributed by atoms with Crippen LogP contribution in [0.2, 0.25) is 0 Å². The molecule has 0 amide bonds. The summed E-state index contributed by atoms with van der Waals surface area (Å²) < 4.78 is 0.